The van der Waals surface area contributed by atoms with Gasteiger partial charge in [-0.25, -0.2) is 9.97 Å². The first kappa shape index (κ1) is 12.9. The van der Waals surface area contributed by atoms with Crippen LogP contribution in [0.1, 0.15) is 16.4 Å². The molecule has 0 amide bonds. The summed E-state index contributed by atoms with van der Waals surface area (Å²) < 4.78 is 2.06. The second-order valence-electron chi connectivity index (χ2n) is 4.62. The van der Waals surface area contributed by atoms with E-state index in [0.717, 1.165) is 28.0 Å². The molecule has 5 heteroatoms. The van der Waals surface area contributed by atoms with E-state index in [2.05, 4.69) is 37.4 Å². The van der Waals surface area contributed by atoms with Crippen LogP contribution in [-0.2, 0) is 6.54 Å². The Bertz CT molecular complexity index is 700. The Balaban J connectivity index is 1.83. The number of aryl methyl sites for hydroxylation is 2. The Morgan fingerprint density at radius 3 is 2.65 bits per heavy atom. The zero-order valence-corrected chi connectivity index (χ0v) is 12.3. The van der Waals surface area contributed by atoms with Crippen LogP contribution in [0.2, 0.25) is 0 Å². The molecule has 0 radical (unpaired) electrons. The number of imidazole rings is 1. The van der Waals surface area contributed by atoms with Crippen LogP contribution in [0.5, 0.6) is 0 Å². The van der Waals surface area contributed by atoms with Crippen LogP contribution in [0.4, 0.5) is 5.95 Å². The van der Waals surface area contributed by atoms with E-state index < -0.39 is 0 Å². The second kappa shape index (κ2) is 5.46. The SMILES string of the molecule is Cc1cn(-c2ccccc2)c(NCc2csc(C)n2)n1. The first-order valence-corrected chi connectivity index (χ1v) is 7.36. The Morgan fingerprint density at radius 2 is 1.95 bits per heavy atom. The third kappa shape index (κ3) is 2.72. The van der Waals surface area contributed by atoms with Crippen LogP contribution >= 0.6 is 11.3 Å². The van der Waals surface area contributed by atoms with E-state index in [1.54, 1.807) is 11.3 Å². The van der Waals surface area contributed by atoms with E-state index in [0.29, 0.717) is 6.54 Å². The standard InChI is InChI=1S/C15H16N4S/c1-11-9-19(14-6-4-3-5-7-14)15(17-11)16-8-13-10-20-12(2)18-13/h3-7,9-10H,8H2,1-2H3,(H,16,17). The molecule has 2 heterocycles. The lowest BCUT2D eigenvalue weighted by Gasteiger charge is -2.08. The van der Waals surface area contributed by atoms with Crippen molar-refractivity contribution in [3.8, 4) is 5.69 Å². The monoisotopic (exact) mass is 284 g/mol. The molecule has 0 aliphatic rings. The summed E-state index contributed by atoms with van der Waals surface area (Å²) in [6.07, 6.45) is 2.03. The number of aromatic nitrogens is 3. The third-order valence-electron chi connectivity index (χ3n) is 2.95. The van der Waals surface area contributed by atoms with E-state index in [4.69, 9.17) is 0 Å². The molecule has 1 N–H and O–H groups in total. The molecule has 0 spiro atoms. The highest BCUT2D eigenvalue weighted by Gasteiger charge is 2.07. The molecular weight excluding hydrogens is 268 g/mol. The number of hydrogen-bond acceptors (Lipinski definition) is 4. The summed E-state index contributed by atoms with van der Waals surface area (Å²) >= 11 is 1.67. The van der Waals surface area contributed by atoms with Crippen molar-refractivity contribution in [1.29, 1.82) is 0 Å². The highest BCUT2D eigenvalue weighted by atomic mass is 32.1. The Labute approximate surface area is 122 Å². The first-order valence-electron chi connectivity index (χ1n) is 6.48. The predicted molar refractivity (Wildman–Crippen MR) is 82.5 cm³/mol. The van der Waals surface area contributed by atoms with Gasteiger partial charge in [-0.3, -0.25) is 4.57 Å². The molecule has 0 atom stereocenters. The Hall–Kier alpha value is -2.14. The second-order valence-corrected chi connectivity index (χ2v) is 5.69. The fourth-order valence-electron chi connectivity index (χ4n) is 2.07. The van der Waals surface area contributed by atoms with Gasteiger partial charge >= 0.3 is 0 Å². The number of para-hydroxylation sites is 1. The van der Waals surface area contributed by atoms with E-state index in [-0.39, 0.29) is 0 Å². The van der Waals surface area contributed by atoms with Gasteiger partial charge in [-0.2, -0.15) is 0 Å². The summed E-state index contributed by atoms with van der Waals surface area (Å²) in [6, 6.07) is 10.2. The van der Waals surface area contributed by atoms with Crippen LogP contribution < -0.4 is 5.32 Å². The van der Waals surface area contributed by atoms with Crippen molar-refractivity contribution < 1.29 is 0 Å². The molecule has 4 nitrogen and oxygen atoms in total. The molecular formula is C15H16N4S. The first-order chi connectivity index (χ1) is 9.72. The lowest BCUT2D eigenvalue weighted by molar-refractivity contribution is 0.978. The molecule has 0 saturated heterocycles. The molecule has 20 heavy (non-hydrogen) atoms. The van der Waals surface area contributed by atoms with Crippen molar-refractivity contribution in [1.82, 2.24) is 14.5 Å². The van der Waals surface area contributed by atoms with Gasteiger partial charge in [0.25, 0.3) is 0 Å². The van der Waals surface area contributed by atoms with Crippen molar-refractivity contribution in [3.63, 3.8) is 0 Å². The predicted octanol–water partition coefficient (Wildman–Crippen LogP) is 3.56. The summed E-state index contributed by atoms with van der Waals surface area (Å²) in [7, 11) is 0. The van der Waals surface area contributed by atoms with Gasteiger partial charge in [0.2, 0.25) is 5.95 Å². The fourth-order valence-corrected chi connectivity index (χ4v) is 2.68. The molecule has 0 saturated carbocycles. The van der Waals surface area contributed by atoms with Gasteiger partial charge in [0.15, 0.2) is 0 Å². The number of benzene rings is 1. The van der Waals surface area contributed by atoms with Crippen molar-refractivity contribution in [2.75, 3.05) is 5.32 Å². The van der Waals surface area contributed by atoms with Gasteiger partial charge in [0, 0.05) is 17.3 Å². The maximum atomic E-state index is 4.54. The maximum absolute atomic E-state index is 4.54. The van der Waals surface area contributed by atoms with Gasteiger partial charge < -0.3 is 5.32 Å². The molecule has 102 valence electrons. The van der Waals surface area contributed by atoms with Crippen molar-refractivity contribution in [2.45, 2.75) is 20.4 Å². The molecule has 0 unspecified atom stereocenters. The topological polar surface area (TPSA) is 42.7 Å². The van der Waals surface area contributed by atoms with Crippen LogP contribution in [0.25, 0.3) is 5.69 Å². The zero-order valence-electron chi connectivity index (χ0n) is 11.5. The number of nitrogens with one attached hydrogen (secondary N) is 1. The zero-order chi connectivity index (χ0) is 13.9. The molecule has 2 aromatic heterocycles. The van der Waals surface area contributed by atoms with E-state index in [1.807, 2.05) is 38.2 Å². The van der Waals surface area contributed by atoms with Crippen LogP contribution in [0.15, 0.2) is 41.9 Å². The average molecular weight is 284 g/mol. The van der Waals surface area contributed by atoms with Gasteiger partial charge in [0.05, 0.1) is 22.9 Å². The molecule has 0 bridgehead atoms. The van der Waals surface area contributed by atoms with E-state index >= 15 is 0 Å². The van der Waals surface area contributed by atoms with Gasteiger partial charge in [-0.1, -0.05) is 18.2 Å². The lowest BCUT2D eigenvalue weighted by Crippen LogP contribution is -2.06. The summed E-state index contributed by atoms with van der Waals surface area (Å²) in [5, 5.41) is 6.52. The quantitative estimate of drug-likeness (QED) is 0.796. The average Bonchev–Trinajstić information content (AvgIpc) is 3.03. The Kier molecular flexibility index (Phi) is 3.52. The van der Waals surface area contributed by atoms with E-state index in [9.17, 15) is 0 Å². The van der Waals surface area contributed by atoms with Gasteiger partial charge in [-0.05, 0) is 26.0 Å². The largest absolute Gasteiger partial charge is 0.350 e. The highest BCUT2D eigenvalue weighted by Crippen LogP contribution is 2.17. The van der Waals surface area contributed by atoms with Crippen LogP contribution in [0, 0.1) is 13.8 Å². The van der Waals surface area contributed by atoms with Crippen molar-refractivity contribution in [3.05, 3.63) is 58.3 Å². The number of thiazole rings is 1. The Morgan fingerprint density at radius 1 is 1.15 bits per heavy atom. The molecule has 0 aliphatic heterocycles. The summed E-state index contributed by atoms with van der Waals surface area (Å²) in [5.41, 5.74) is 3.14. The van der Waals surface area contributed by atoms with Crippen LogP contribution in [-0.4, -0.2) is 14.5 Å². The number of nitrogens with zero attached hydrogens (tertiary/aromatic N) is 3. The maximum Gasteiger partial charge on any atom is 0.208 e. The van der Waals surface area contributed by atoms with E-state index in [1.165, 1.54) is 0 Å². The van der Waals surface area contributed by atoms with Gasteiger partial charge in [-0.15, -0.1) is 11.3 Å². The smallest absolute Gasteiger partial charge is 0.208 e. The molecule has 3 aromatic rings. The van der Waals surface area contributed by atoms with Gasteiger partial charge in [0.1, 0.15) is 0 Å². The molecule has 3 rings (SSSR count). The number of rotatable bonds is 4. The molecule has 1 aromatic carbocycles. The summed E-state index contributed by atoms with van der Waals surface area (Å²) in [6.45, 7) is 4.70. The number of hydrogen-bond donors (Lipinski definition) is 1. The number of anilines is 1. The summed E-state index contributed by atoms with van der Waals surface area (Å²) in [5.74, 6) is 0.847. The van der Waals surface area contributed by atoms with Crippen molar-refractivity contribution in [2.24, 2.45) is 0 Å². The third-order valence-corrected chi connectivity index (χ3v) is 3.78. The molecule has 0 fully saturated rings. The highest BCUT2D eigenvalue weighted by molar-refractivity contribution is 7.09. The van der Waals surface area contributed by atoms with Crippen LogP contribution in [0.3, 0.4) is 0 Å². The minimum Gasteiger partial charge on any atom is -0.350 e. The minimum absolute atomic E-state index is 0.688. The summed E-state index contributed by atoms with van der Waals surface area (Å²) in [4.78, 5) is 8.99. The lowest BCUT2D eigenvalue weighted by atomic mass is 10.3. The normalized spacial score (nSPS) is 10.7. The fraction of sp³-hybridized carbons (Fsp3) is 0.200. The van der Waals surface area contributed by atoms with Crippen molar-refractivity contribution >= 4 is 17.3 Å². The molecule has 0 aliphatic carbocycles. The minimum atomic E-state index is 0.688.